The van der Waals surface area contributed by atoms with Crippen molar-refractivity contribution in [1.29, 1.82) is 0 Å². The Bertz CT molecular complexity index is 384. The molecule has 3 unspecified atom stereocenters. The number of aliphatic hydroxyl groups is 1. The molecule has 3 atom stereocenters. The highest BCUT2D eigenvalue weighted by Gasteiger charge is 2.38. The molecule has 2 rings (SSSR count). The van der Waals surface area contributed by atoms with Gasteiger partial charge in [0.05, 0.1) is 6.10 Å². The van der Waals surface area contributed by atoms with Gasteiger partial charge in [0.25, 0.3) is 0 Å². The van der Waals surface area contributed by atoms with Crippen LogP contribution in [0.2, 0.25) is 0 Å². The van der Waals surface area contributed by atoms with Crippen molar-refractivity contribution in [2.24, 2.45) is 5.92 Å². The SMILES string of the molecule is CC(CNC(=O)N1CC(O)CC1C(=O)O)CN1CCCC1. The maximum absolute atomic E-state index is 12.1. The summed E-state index contributed by atoms with van der Waals surface area (Å²) in [5.41, 5.74) is 0. The van der Waals surface area contributed by atoms with Crippen LogP contribution in [-0.2, 0) is 4.79 Å². The molecule has 0 spiro atoms. The van der Waals surface area contributed by atoms with Gasteiger partial charge in [-0.15, -0.1) is 0 Å². The first-order valence-corrected chi connectivity index (χ1v) is 7.65. The van der Waals surface area contributed by atoms with Crippen LogP contribution < -0.4 is 5.32 Å². The van der Waals surface area contributed by atoms with E-state index in [0.29, 0.717) is 12.5 Å². The Morgan fingerprint density at radius 1 is 1.33 bits per heavy atom. The molecule has 120 valence electrons. The molecule has 0 radical (unpaired) electrons. The zero-order valence-electron chi connectivity index (χ0n) is 12.5. The summed E-state index contributed by atoms with van der Waals surface area (Å²) >= 11 is 0. The smallest absolute Gasteiger partial charge is 0.326 e. The van der Waals surface area contributed by atoms with Crippen LogP contribution in [0.25, 0.3) is 0 Å². The van der Waals surface area contributed by atoms with Crippen molar-refractivity contribution < 1.29 is 19.8 Å². The van der Waals surface area contributed by atoms with E-state index in [0.717, 1.165) is 19.6 Å². The Labute approximate surface area is 124 Å². The lowest BCUT2D eigenvalue weighted by atomic mass is 10.1. The van der Waals surface area contributed by atoms with Gasteiger partial charge in [0.1, 0.15) is 6.04 Å². The van der Waals surface area contributed by atoms with Gasteiger partial charge in [0.15, 0.2) is 0 Å². The summed E-state index contributed by atoms with van der Waals surface area (Å²) < 4.78 is 0. The molecule has 0 aromatic heterocycles. The largest absolute Gasteiger partial charge is 0.480 e. The number of rotatable bonds is 5. The molecule has 2 saturated heterocycles. The third-order valence-corrected chi connectivity index (χ3v) is 4.20. The lowest BCUT2D eigenvalue weighted by Gasteiger charge is -2.24. The van der Waals surface area contributed by atoms with E-state index >= 15 is 0 Å². The van der Waals surface area contributed by atoms with Crippen LogP contribution in [0.5, 0.6) is 0 Å². The Balaban J connectivity index is 1.76. The molecule has 2 aliphatic heterocycles. The molecule has 0 bridgehead atoms. The van der Waals surface area contributed by atoms with Crippen LogP contribution in [-0.4, -0.2) is 76.9 Å². The van der Waals surface area contributed by atoms with Gasteiger partial charge in [-0.05, 0) is 31.8 Å². The van der Waals surface area contributed by atoms with Crippen molar-refractivity contribution in [1.82, 2.24) is 15.1 Å². The van der Waals surface area contributed by atoms with Crippen molar-refractivity contribution in [3.8, 4) is 0 Å². The minimum absolute atomic E-state index is 0.0866. The number of nitrogens with one attached hydrogen (secondary N) is 1. The second kappa shape index (κ2) is 7.09. The van der Waals surface area contributed by atoms with Gasteiger partial charge < -0.3 is 25.3 Å². The predicted molar refractivity (Wildman–Crippen MR) is 77.0 cm³/mol. The first kappa shape index (κ1) is 16.0. The number of carbonyl (C=O) groups is 2. The Hall–Kier alpha value is -1.34. The molecule has 2 heterocycles. The lowest BCUT2D eigenvalue weighted by molar-refractivity contribution is -0.141. The van der Waals surface area contributed by atoms with Crippen LogP contribution in [0.3, 0.4) is 0 Å². The number of urea groups is 1. The third-order valence-electron chi connectivity index (χ3n) is 4.20. The first-order valence-electron chi connectivity index (χ1n) is 7.65. The minimum atomic E-state index is -1.06. The molecular formula is C14H25N3O4. The second-order valence-corrected chi connectivity index (χ2v) is 6.19. The summed E-state index contributed by atoms with van der Waals surface area (Å²) in [6.07, 6.45) is 1.83. The Kier molecular flexibility index (Phi) is 5.41. The predicted octanol–water partition coefficient (Wildman–Crippen LogP) is -0.0523. The number of carbonyl (C=O) groups excluding carboxylic acids is 1. The van der Waals surface area contributed by atoms with Crippen LogP contribution in [0, 0.1) is 5.92 Å². The standard InChI is InChI=1S/C14H25N3O4/c1-10(8-16-4-2-3-5-16)7-15-14(21)17-9-11(18)6-12(17)13(19)20/h10-12,18H,2-9H2,1H3,(H,15,21)(H,19,20). The quantitative estimate of drug-likeness (QED) is 0.662. The summed E-state index contributed by atoms with van der Waals surface area (Å²) in [6, 6.07) is -1.32. The molecule has 7 nitrogen and oxygen atoms in total. The van der Waals surface area contributed by atoms with Gasteiger partial charge in [-0.25, -0.2) is 9.59 Å². The molecule has 0 aliphatic carbocycles. The lowest BCUT2D eigenvalue weighted by Crippen LogP contribution is -2.47. The number of aliphatic hydroxyl groups excluding tert-OH is 1. The van der Waals surface area contributed by atoms with Gasteiger partial charge in [-0.2, -0.15) is 0 Å². The third kappa shape index (κ3) is 4.31. The number of aliphatic carboxylic acids is 1. The molecule has 2 aliphatic rings. The molecule has 0 aromatic rings. The van der Waals surface area contributed by atoms with E-state index in [-0.39, 0.29) is 13.0 Å². The van der Waals surface area contributed by atoms with Gasteiger partial charge in [-0.1, -0.05) is 6.92 Å². The fourth-order valence-corrected chi connectivity index (χ4v) is 3.11. The normalized spacial score (nSPS) is 27.8. The number of nitrogens with zero attached hydrogens (tertiary/aromatic N) is 2. The maximum atomic E-state index is 12.1. The van der Waals surface area contributed by atoms with Crippen molar-refractivity contribution in [3.05, 3.63) is 0 Å². The fourth-order valence-electron chi connectivity index (χ4n) is 3.11. The number of β-amino-alcohol motifs (C(OH)–C–C–N with tert-alkyl or cyclic N) is 1. The summed E-state index contributed by atoms with van der Waals surface area (Å²) in [4.78, 5) is 26.8. The Morgan fingerprint density at radius 2 is 2.00 bits per heavy atom. The van der Waals surface area contributed by atoms with E-state index in [4.69, 9.17) is 5.11 Å². The van der Waals surface area contributed by atoms with Crippen molar-refractivity contribution >= 4 is 12.0 Å². The molecule has 7 heteroatoms. The van der Waals surface area contributed by atoms with Gasteiger partial charge in [-0.3, -0.25) is 0 Å². The summed E-state index contributed by atoms with van der Waals surface area (Å²) in [5, 5.41) is 21.4. The second-order valence-electron chi connectivity index (χ2n) is 6.19. The first-order chi connectivity index (χ1) is 9.97. The molecule has 2 fully saturated rings. The molecule has 3 N–H and O–H groups in total. The molecule has 0 aromatic carbocycles. The van der Waals surface area contributed by atoms with Crippen LogP contribution in [0.15, 0.2) is 0 Å². The van der Waals surface area contributed by atoms with E-state index < -0.39 is 24.1 Å². The topological polar surface area (TPSA) is 93.1 Å². The number of likely N-dealkylation sites (tertiary alicyclic amines) is 2. The van der Waals surface area contributed by atoms with Crippen molar-refractivity contribution in [2.45, 2.75) is 38.3 Å². The minimum Gasteiger partial charge on any atom is -0.480 e. The van der Waals surface area contributed by atoms with E-state index in [1.54, 1.807) is 0 Å². The van der Waals surface area contributed by atoms with E-state index in [9.17, 15) is 14.7 Å². The molecular weight excluding hydrogens is 274 g/mol. The summed E-state index contributed by atoms with van der Waals surface area (Å²) in [7, 11) is 0. The maximum Gasteiger partial charge on any atom is 0.326 e. The van der Waals surface area contributed by atoms with E-state index in [1.165, 1.54) is 17.7 Å². The zero-order valence-corrected chi connectivity index (χ0v) is 12.5. The summed E-state index contributed by atoms with van der Waals surface area (Å²) in [5.74, 6) is -0.741. The number of hydrogen-bond acceptors (Lipinski definition) is 4. The highest BCUT2D eigenvalue weighted by atomic mass is 16.4. The van der Waals surface area contributed by atoms with Gasteiger partial charge >= 0.3 is 12.0 Å². The highest BCUT2D eigenvalue weighted by Crippen LogP contribution is 2.18. The highest BCUT2D eigenvalue weighted by molar-refractivity contribution is 5.83. The van der Waals surface area contributed by atoms with E-state index in [1.807, 2.05) is 0 Å². The monoisotopic (exact) mass is 299 g/mol. The number of amides is 2. The molecule has 21 heavy (non-hydrogen) atoms. The summed E-state index contributed by atoms with van der Waals surface area (Å²) in [6.45, 7) is 5.88. The fraction of sp³-hybridized carbons (Fsp3) is 0.857. The molecule has 2 amide bonds. The van der Waals surface area contributed by atoms with Crippen molar-refractivity contribution in [2.75, 3.05) is 32.7 Å². The van der Waals surface area contributed by atoms with E-state index in [2.05, 4.69) is 17.1 Å². The van der Waals surface area contributed by atoms with Crippen LogP contribution in [0.1, 0.15) is 26.2 Å². The van der Waals surface area contributed by atoms with Gasteiger partial charge in [0.2, 0.25) is 0 Å². The zero-order chi connectivity index (χ0) is 15.4. The number of carboxylic acid groups (broad SMARTS) is 1. The average Bonchev–Trinajstić information content (AvgIpc) is 3.05. The van der Waals surface area contributed by atoms with Crippen LogP contribution in [0.4, 0.5) is 4.79 Å². The number of carboxylic acids is 1. The molecule has 0 saturated carbocycles. The van der Waals surface area contributed by atoms with Crippen LogP contribution >= 0.6 is 0 Å². The Morgan fingerprint density at radius 3 is 2.62 bits per heavy atom. The van der Waals surface area contributed by atoms with Gasteiger partial charge in [0, 0.05) is 26.1 Å². The van der Waals surface area contributed by atoms with Crippen molar-refractivity contribution in [3.63, 3.8) is 0 Å². The average molecular weight is 299 g/mol. The number of hydrogen-bond donors (Lipinski definition) is 3.